The number of fused-ring (bicyclic) bond motifs is 1. The van der Waals surface area contributed by atoms with Crippen molar-refractivity contribution in [2.75, 3.05) is 7.11 Å². The van der Waals surface area contributed by atoms with Gasteiger partial charge in [0.1, 0.15) is 11.3 Å². The van der Waals surface area contributed by atoms with Gasteiger partial charge in [-0.3, -0.25) is 0 Å². The lowest BCUT2D eigenvalue weighted by atomic mass is 10.2. The second-order valence-corrected chi connectivity index (χ2v) is 6.16. The van der Waals surface area contributed by atoms with Gasteiger partial charge in [0.05, 0.1) is 12.5 Å². The molecule has 4 nitrogen and oxygen atoms in total. The van der Waals surface area contributed by atoms with Crippen LogP contribution in [-0.2, 0) is 0 Å². The van der Waals surface area contributed by atoms with Crippen molar-refractivity contribution in [2.45, 2.75) is 44.5 Å². The van der Waals surface area contributed by atoms with Crippen LogP contribution in [0.15, 0.2) is 12.1 Å². The highest BCUT2D eigenvalue weighted by Crippen LogP contribution is 2.49. The van der Waals surface area contributed by atoms with Crippen LogP contribution in [0, 0.1) is 5.92 Å². The average molecular weight is 294 g/mol. The monoisotopic (exact) mass is 293 g/mol. The van der Waals surface area contributed by atoms with Crippen LogP contribution in [0.25, 0.3) is 11.2 Å². The zero-order valence-electron chi connectivity index (χ0n) is 12.1. The van der Waals surface area contributed by atoms with E-state index in [1.807, 2.05) is 19.1 Å². The molecule has 5 heteroatoms. The summed E-state index contributed by atoms with van der Waals surface area (Å²) in [6.45, 7) is 4.20. The number of alkyl halides is 1. The van der Waals surface area contributed by atoms with Crippen LogP contribution < -0.4 is 4.74 Å². The first kappa shape index (κ1) is 13.7. The fraction of sp³-hybridized carbons (Fsp3) is 0.600. The van der Waals surface area contributed by atoms with Crippen LogP contribution in [0.1, 0.15) is 50.4 Å². The Hall–Kier alpha value is -1.29. The minimum atomic E-state index is -0.113. The van der Waals surface area contributed by atoms with Gasteiger partial charge in [0, 0.05) is 12.1 Å². The number of aromatic nitrogens is 3. The molecule has 108 valence electrons. The van der Waals surface area contributed by atoms with E-state index in [1.165, 1.54) is 19.3 Å². The minimum absolute atomic E-state index is 0.113. The smallest absolute Gasteiger partial charge is 0.215 e. The van der Waals surface area contributed by atoms with Gasteiger partial charge in [-0.2, -0.15) is 4.98 Å². The normalized spacial score (nSPS) is 23.0. The third-order valence-electron chi connectivity index (χ3n) is 3.98. The maximum absolute atomic E-state index is 6.31. The van der Waals surface area contributed by atoms with E-state index in [2.05, 4.69) is 21.5 Å². The molecule has 20 heavy (non-hydrogen) atoms. The van der Waals surface area contributed by atoms with Crippen molar-refractivity contribution in [3.8, 4) is 5.88 Å². The molecule has 2 aromatic rings. The molecular formula is C15H20ClN3O. The van der Waals surface area contributed by atoms with Gasteiger partial charge >= 0.3 is 0 Å². The number of hydrogen-bond acceptors (Lipinski definition) is 3. The van der Waals surface area contributed by atoms with Gasteiger partial charge in [-0.1, -0.05) is 13.3 Å². The molecule has 1 fully saturated rings. The highest BCUT2D eigenvalue weighted by molar-refractivity contribution is 6.20. The van der Waals surface area contributed by atoms with Crippen LogP contribution >= 0.6 is 11.6 Å². The molecule has 0 bridgehead atoms. The van der Waals surface area contributed by atoms with E-state index in [0.29, 0.717) is 11.9 Å². The summed E-state index contributed by atoms with van der Waals surface area (Å²) in [4.78, 5) is 9.23. The van der Waals surface area contributed by atoms with Gasteiger partial charge in [-0.15, -0.1) is 11.6 Å². The number of ether oxygens (including phenoxy) is 1. The Morgan fingerprint density at radius 1 is 1.45 bits per heavy atom. The Bertz CT molecular complexity index is 623. The van der Waals surface area contributed by atoms with Gasteiger partial charge in [0.25, 0.3) is 0 Å². The van der Waals surface area contributed by atoms with Gasteiger partial charge in [0.2, 0.25) is 5.88 Å². The molecule has 2 heterocycles. The van der Waals surface area contributed by atoms with Gasteiger partial charge < -0.3 is 9.30 Å². The first-order chi connectivity index (χ1) is 9.65. The quantitative estimate of drug-likeness (QED) is 0.779. The zero-order valence-corrected chi connectivity index (χ0v) is 12.9. The van der Waals surface area contributed by atoms with Crippen molar-refractivity contribution in [3.63, 3.8) is 0 Å². The van der Waals surface area contributed by atoms with Crippen LogP contribution in [-0.4, -0.2) is 21.6 Å². The Morgan fingerprint density at radius 3 is 2.90 bits per heavy atom. The lowest BCUT2D eigenvalue weighted by Crippen LogP contribution is -2.05. The number of halogens is 1. The van der Waals surface area contributed by atoms with Crippen molar-refractivity contribution < 1.29 is 4.74 Å². The summed E-state index contributed by atoms with van der Waals surface area (Å²) < 4.78 is 7.47. The predicted octanol–water partition coefficient (Wildman–Crippen LogP) is 4.10. The fourth-order valence-electron chi connectivity index (χ4n) is 2.92. The first-order valence-corrected chi connectivity index (χ1v) is 7.66. The highest BCUT2D eigenvalue weighted by Gasteiger charge is 2.40. The molecule has 0 saturated heterocycles. The SMILES string of the molecule is CCCC1CC1n1c(C(C)Cl)nc2ccc(OC)nc21. The van der Waals surface area contributed by atoms with Crippen LogP contribution in [0.4, 0.5) is 0 Å². The summed E-state index contributed by atoms with van der Waals surface area (Å²) >= 11 is 6.31. The van der Waals surface area contributed by atoms with E-state index in [9.17, 15) is 0 Å². The summed E-state index contributed by atoms with van der Waals surface area (Å²) in [7, 11) is 1.64. The Kier molecular flexibility index (Phi) is 3.59. The highest BCUT2D eigenvalue weighted by atomic mass is 35.5. The van der Waals surface area contributed by atoms with Crippen molar-refractivity contribution >= 4 is 22.8 Å². The third-order valence-corrected chi connectivity index (χ3v) is 4.18. The standard InChI is InChI=1S/C15H20ClN3O/c1-4-5-10-8-12(10)19-14(9(2)16)17-11-6-7-13(20-3)18-15(11)19/h6-7,9-10,12H,4-5,8H2,1-3H3. The van der Waals surface area contributed by atoms with E-state index in [1.54, 1.807) is 7.11 Å². The topological polar surface area (TPSA) is 39.9 Å². The lowest BCUT2D eigenvalue weighted by molar-refractivity contribution is 0.398. The van der Waals surface area contributed by atoms with Crippen molar-refractivity contribution in [3.05, 3.63) is 18.0 Å². The molecule has 0 aromatic carbocycles. The number of pyridine rings is 1. The molecule has 1 aliphatic carbocycles. The van der Waals surface area contributed by atoms with Crippen LogP contribution in [0.3, 0.4) is 0 Å². The summed E-state index contributed by atoms with van der Waals surface area (Å²) in [5, 5.41) is -0.113. The van der Waals surface area contributed by atoms with Crippen LogP contribution in [0.2, 0.25) is 0 Å². The van der Waals surface area contributed by atoms with Crippen molar-refractivity contribution in [2.24, 2.45) is 5.92 Å². The number of nitrogens with zero attached hydrogens (tertiary/aromatic N) is 3. The number of hydrogen-bond donors (Lipinski definition) is 0. The number of rotatable bonds is 5. The third kappa shape index (κ3) is 2.26. The molecule has 0 aliphatic heterocycles. The second-order valence-electron chi connectivity index (χ2n) is 5.50. The molecular weight excluding hydrogens is 274 g/mol. The maximum atomic E-state index is 6.31. The molecule has 1 aliphatic rings. The summed E-state index contributed by atoms with van der Waals surface area (Å²) in [5.41, 5.74) is 1.80. The zero-order chi connectivity index (χ0) is 14.3. The molecule has 0 N–H and O–H groups in total. The maximum Gasteiger partial charge on any atom is 0.215 e. The van der Waals surface area contributed by atoms with E-state index >= 15 is 0 Å². The van der Waals surface area contributed by atoms with Crippen LogP contribution in [0.5, 0.6) is 5.88 Å². The van der Waals surface area contributed by atoms with Crippen molar-refractivity contribution in [1.29, 1.82) is 0 Å². The number of imidazole rings is 1. The van der Waals surface area contributed by atoms with E-state index in [-0.39, 0.29) is 5.38 Å². The molecule has 3 atom stereocenters. The second kappa shape index (κ2) is 5.24. The minimum Gasteiger partial charge on any atom is -0.481 e. The van der Waals surface area contributed by atoms with E-state index in [0.717, 1.165) is 22.9 Å². The number of methoxy groups -OCH3 is 1. The first-order valence-electron chi connectivity index (χ1n) is 7.22. The summed E-state index contributed by atoms with van der Waals surface area (Å²) in [6.07, 6.45) is 3.68. The average Bonchev–Trinajstić information content (AvgIpc) is 3.08. The van der Waals surface area contributed by atoms with E-state index < -0.39 is 0 Å². The Labute approximate surface area is 124 Å². The van der Waals surface area contributed by atoms with Gasteiger partial charge in [-0.05, 0) is 31.7 Å². The molecule has 3 rings (SSSR count). The largest absolute Gasteiger partial charge is 0.481 e. The summed E-state index contributed by atoms with van der Waals surface area (Å²) in [6, 6.07) is 4.30. The molecule has 0 radical (unpaired) electrons. The Morgan fingerprint density at radius 2 is 2.25 bits per heavy atom. The van der Waals surface area contributed by atoms with Gasteiger partial charge in [-0.25, -0.2) is 4.98 Å². The van der Waals surface area contributed by atoms with Crippen molar-refractivity contribution in [1.82, 2.24) is 14.5 Å². The molecule has 1 saturated carbocycles. The fourth-order valence-corrected chi connectivity index (χ4v) is 3.08. The van der Waals surface area contributed by atoms with Gasteiger partial charge in [0.15, 0.2) is 5.65 Å². The molecule has 0 spiro atoms. The molecule has 3 unspecified atom stereocenters. The predicted molar refractivity (Wildman–Crippen MR) is 80.4 cm³/mol. The molecule has 0 amide bonds. The van der Waals surface area contributed by atoms with E-state index in [4.69, 9.17) is 16.3 Å². The molecule has 2 aromatic heterocycles. The Balaban J connectivity index is 2.08. The lowest BCUT2D eigenvalue weighted by Gasteiger charge is -2.10. The summed E-state index contributed by atoms with van der Waals surface area (Å²) in [5.74, 6) is 2.28.